The molecule has 2 aromatic heterocycles. The van der Waals surface area contributed by atoms with E-state index in [1.54, 1.807) is 0 Å². The molecule has 2 heterocycles. The average Bonchev–Trinajstić information content (AvgIpc) is 2.66. The highest BCUT2D eigenvalue weighted by molar-refractivity contribution is 5.08. The van der Waals surface area contributed by atoms with Gasteiger partial charge >= 0.3 is 0 Å². The van der Waals surface area contributed by atoms with Crippen LogP contribution in [-0.4, -0.2) is 4.98 Å². The van der Waals surface area contributed by atoms with Crippen molar-refractivity contribution in [3.8, 4) is 0 Å². The monoisotopic (exact) mass is 353 g/mol. The molecule has 26 heavy (non-hydrogen) atoms. The number of hydrogen-bond acceptors (Lipinski definition) is 1. The SMILES string of the molecule is Cc1ccc[n+](CCCCCCCCCCCCCc2cccnc2)c1. The van der Waals surface area contributed by atoms with Crippen molar-refractivity contribution in [3.63, 3.8) is 0 Å². The first kappa shape index (κ1) is 20.6. The predicted molar refractivity (Wildman–Crippen MR) is 110 cm³/mol. The van der Waals surface area contributed by atoms with Gasteiger partial charge < -0.3 is 0 Å². The molecule has 142 valence electrons. The minimum Gasteiger partial charge on any atom is -0.264 e. The lowest BCUT2D eigenvalue weighted by molar-refractivity contribution is -0.697. The lowest BCUT2D eigenvalue weighted by Crippen LogP contribution is -2.32. The summed E-state index contributed by atoms with van der Waals surface area (Å²) in [6, 6.07) is 8.54. The zero-order chi connectivity index (χ0) is 18.3. The summed E-state index contributed by atoms with van der Waals surface area (Å²) in [6.07, 6.45) is 24.7. The van der Waals surface area contributed by atoms with E-state index in [2.05, 4.69) is 47.1 Å². The predicted octanol–water partition coefficient (Wildman–Crippen LogP) is 6.21. The molecular weight excluding hydrogens is 316 g/mol. The first-order chi connectivity index (χ1) is 12.8. The van der Waals surface area contributed by atoms with Crippen molar-refractivity contribution < 1.29 is 4.57 Å². The smallest absolute Gasteiger partial charge is 0.171 e. The highest BCUT2D eigenvalue weighted by Gasteiger charge is 2.00. The van der Waals surface area contributed by atoms with Crippen molar-refractivity contribution in [3.05, 3.63) is 60.2 Å². The number of aryl methyl sites for hydroxylation is 3. The first-order valence-corrected chi connectivity index (χ1v) is 10.7. The van der Waals surface area contributed by atoms with Gasteiger partial charge in [-0.3, -0.25) is 4.98 Å². The van der Waals surface area contributed by atoms with E-state index in [4.69, 9.17) is 0 Å². The zero-order valence-electron chi connectivity index (χ0n) is 16.7. The van der Waals surface area contributed by atoms with E-state index in [0.717, 1.165) is 0 Å². The fourth-order valence-corrected chi connectivity index (χ4v) is 3.55. The quantitative estimate of drug-likeness (QED) is 0.291. The highest BCUT2D eigenvalue weighted by Crippen LogP contribution is 2.12. The summed E-state index contributed by atoms with van der Waals surface area (Å²) in [7, 11) is 0. The molecule has 0 N–H and O–H groups in total. The largest absolute Gasteiger partial charge is 0.264 e. The van der Waals surface area contributed by atoms with Crippen LogP contribution in [0.2, 0.25) is 0 Å². The molecule has 0 aliphatic carbocycles. The fraction of sp³-hybridized carbons (Fsp3) is 0.583. The van der Waals surface area contributed by atoms with Gasteiger partial charge in [-0.15, -0.1) is 0 Å². The lowest BCUT2D eigenvalue weighted by atomic mass is 10.0. The molecule has 2 nitrogen and oxygen atoms in total. The van der Waals surface area contributed by atoms with Gasteiger partial charge in [-0.2, -0.15) is 0 Å². The second-order valence-electron chi connectivity index (χ2n) is 7.62. The van der Waals surface area contributed by atoms with Crippen molar-refractivity contribution in [1.82, 2.24) is 4.98 Å². The van der Waals surface area contributed by atoms with E-state index in [1.165, 1.54) is 94.7 Å². The van der Waals surface area contributed by atoms with Crippen LogP contribution in [0.5, 0.6) is 0 Å². The topological polar surface area (TPSA) is 16.8 Å². The normalized spacial score (nSPS) is 11.0. The van der Waals surface area contributed by atoms with Gasteiger partial charge in [0.1, 0.15) is 6.54 Å². The van der Waals surface area contributed by atoms with Crippen LogP contribution in [0.3, 0.4) is 0 Å². The van der Waals surface area contributed by atoms with Gasteiger partial charge in [-0.25, -0.2) is 4.57 Å². The Bertz CT molecular complexity index is 580. The minimum atomic E-state index is 1.17. The molecule has 0 radical (unpaired) electrons. The van der Waals surface area contributed by atoms with Crippen LogP contribution < -0.4 is 4.57 Å². The van der Waals surface area contributed by atoms with Crippen molar-refractivity contribution in [2.24, 2.45) is 0 Å². The van der Waals surface area contributed by atoms with Gasteiger partial charge in [-0.1, -0.05) is 57.4 Å². The highest BCUT2D eigenvalue weighted by atomic mass is 14.9. The van der Waals surface area contributed by atoms with E-state index in [9.17, 15) is 0 Å². The summed E-state index contributed by atoms with van der Waals surface area (Å²) < 4.78 is 2.32. The maximum Gasteiger partial charge on any atom is 0.171 e. The van der Waals surface area contributed by atoms with Crippen molar-refractivity contribution in [2.75, 3.05) is 0 Å². The summed E-state index contributed by atoms with van der Waals surface area (Å²) in [5.74, 6) is 0. The molecule has 0 saturated heterocycles. The van der Waals surface area contributed by atoms with Gasteiger partial charge in [-0.05, 0) is 43.9 Å². The molecular formula is C24H37N2+. The minimum absolute atomic E-state index is 1.17. The number of pyridine rings is 2. The van der Waals surface area contributed by atoms with Gasteiger partial charge in [0, 0.05) is 30.4 Å². The second-order valence-corrected chi connectivity index (χ2v) is 7.62. The molecule has 0 atom stereocenters. The van der Waals surface area contributed by atoms with E-state index in [-0.39, 0.29) is 0 Å². The molecule has 0 fully saturated rings. The third-order valence-corrected chi connectivity index (χ3v) is 5.11. The Hall–Kier alpha value is -1.70. The van der Waals surface area contributed by atoms with Crippen LogP contribution in [0.4, 0.5) is 0 Å². The molecule has 2 aromatic rings. The Kier molecular flexibility index (Phi) is 10.7. The second kappa shape index (κ2) is 13.5. The van der Waals surface area contributed by atoms with Crippen molar-refractivity contribution in [1.29, 1.82) is 0 Å². The number of unbranched alkanes of at least 4 members (excludes halogenated alkanes) is 10. The van der Waals surface area contributed by atoms with Gasteiger partial charge in [0.05, 0.1) is 0 Å². The molecule has 0 aliphatic rings. The van der Waals surface area contributed by atoms with E-state index in [1.807, 2.05) is 18.5 Å². The van der Waals surface area contributed by atoms with Crippen LogP contribution in [0, 0.1) is 6.92 Å². The standard InChI is InChI=1S/C24H37N2/c1-23-15-14-20-26(22-23)19-12-10-8-6-4-2-3-5-7-9-11-16-24-17-13-18-25-21-24/h13-15,17-18,20-22H,2-12,16,19H2,1H3/q+1. The maximum absolute atomic E-state index is 4.18. The number of hydrogen-bond donors (Lipinski definition) is 0. The Morgan fingerprint density at radius 1 is 0.769 bits per heavy atom. The first-order valence-electron chi connectivity index (χ1n) is 10.7. The zero-order valence-corrected chi connectivity index (χ0v) is 16.7. The molecule has 2 heteroatoms. The van der Waals surface area contributed by atoms with E-state index < -0.39 is 0 Å². The molecule has 0 aliphatic heterocycles. The maximum atomic E-state index is 4.18. The van der Waals surface area contributed by atoms with Crippen LogP contribution in [-0.2, 0) is 13.0 Å². The van der Waals surface area contributed by atoms with Crippen LogP contribution in [0.25, 0.3) is 0 Å². The fourth-order valence-electron chi connectivity index (χ4n) is 3.55. The Morgan fingerprint density at radius 2 is 1.42 bits per heavy atom. The number of rotatable bonds is 14. The Morgan fingerprint density at radius 3 is 2.04 bits per heavy atom. The third kappa shape index (κ3) is 9.70. The van der Waals surface area contributed by atoms with Gasteiger partial charge in [0.25, 0.3) is 0 Å². The summed E-state index contributed by atoms with van der Waals surface area (Å²) in [5.41, 5.74) is 2.73. The number of aromatic nitrogens is 2. The Labute approximate surface area is 160 Å². The molecule has 2 rings (SSSR count). The molecule has 0 bridgehead atoms. The van der Waals surface area contributed by atoms with Crippen molar-refractivity contribution >= 4 is 0 Å². The van der Waals surface area contributed by atoms with Crippen LogP contribution in [0.15, 0.2) is 49.1 Å². The lowest BCUT2D eigenvalue weighted by Gasteiger charge is -2.03. The summed E-state index contributed by atoms with van der Waals surface area (Å²) >= 11 is 0. The summed E-state index contributed by atoms with van der Waals surface area (Å²) in [5, 5.41) is 0. The van der Waals surface area contributed by atoms with Crippen molar-refractivity contribution in [2.45, 2.75) is 90.5 Å². The summed E-state index contributed by atoms with van der Waals surface area (Å²) in [4.78, 5) is 4.18. The number of nitrogens with zero attached hydrogens (tertiary/aromatic N) is 2. The molecule has 0 unspecified atom stereocenters. The van der Waals surface area contributed by atoms with Gasteiger partial charge in [0.2, 0.25) is 0 Å². The summed E-state index contributed by atoms with van der Waals surface area (Å²) in [6.45, 7) is 3.33. The Balaban J connectivity index is 1.32. The third-order valence-electron chi connectivity index (χ3n) is 5.11. The van der Waals surface area contributed by atoms with Gasteiger partial charge in [0.15, 0.2) is 12.4 Å². The molecule has 0 spiro atoms. The molecule has 0 saturated carbocycles. The molecule has 0 aromatic carbocycles. The van der Waals surface area contributed by atoms with Crippen LogP contribution >= 0.6 is 0 Å². The average molecular weight is 354 g/mol. The molecule has 0 amide bonds. The van der Waals surface area contributed by atoms with E-state index in [0.29, 0.717) is 0 Å². The van der Waals surface area contributed by atoms with Crippen LogP contribution in [0.1, 0.15) is 81.8 Å². The van der Waals surface area contributed by atoms with E-state index >= 15 is 0 Å².